The first-order valence-corrected chi connectivity index (χ1v) is 3.81. The Morgan fingerprint density at radius 3 is 3.00 bits per heavy atom. The number of hydroxylamine groups is 1. The van der Waals surface area contributed by atoms with Crippen LogP contribution in [-0.4, -0.2) is 7.11 Å². The molecule has 58 valence electrons. The van der Waals surface area contributed by atoms with E-state index >= 15 is 0 Å². The van der Waals surface area contributed by atoms with Gasteiger partial charge in [-0.1, -0.05) is 13.0 Å². The van der Waals surface area contributed by atoms with Crippen molar-refractivity contribution in [3.8, 4) is 0 Å². The zero-order chi connectivity index (χ0) is 7.40. The van der Waals surface area contributed by atoms with Crippen molar-refractivity contribution in [3.63, 3.8) is 0 Å². The van der Waals surface area contributed by atoms with Gasteiger partial charge in [-0.3, -0.25) is 10.3 Å². The Bertz CT molecular complexity index is 131. The van der Waals surface area contributed by atoms with Gasteiger partial charge in [0.2, 0.25) is 0 Å². The molecule has 1 aliphatic carbocycles. The summed E-state index contributed by atoms with van der Waals surface area (Å²) >= 11 is 0. The molecule has 0 bridgehead atoms. The Morgan fingerprint density at radius 2 is 2.50 bits per heavy atom. The molecule has 0 aromatic carbocycles. The first kappa shape index (κ1) is 7.61. The van der Waals surface area contributed by atoms with E-state index in [9.17, 15) is 0 Å². The van der Waals surface area contributed by atoms with Crippen LogP contribution in [0, 0.1) is 5.92 Å². The van der Waals surface area contributed by atoms with Crippen LogP contribution in [-0.2, 0) is 4.84 Å². The molecule has 0 spiro atoms. The largest absolute Gasteiger partial charge is 0.280 e. The molecule has 10 heavy (non-hydrogen) atoms. The zero-order valence-electron chi connectivity index (χ0n) is 6.68. The maximum absolute atomic E-state index is 4.80. The number of hydrogen-bond donors (Lipinski definition) is 1. The summed E-state index contributed by atoms with van der Waals surface area (Å²) in [5.74, 6) is 0.849. The monoisotopic (exact) mass is 141 g/mol. The van der Waals surface area contributed by atoms with E-state index in [0.717, 1.165) is 12.3 Å². The van der Waals surface area contributed by atoms with Gasteiger partial charge < -0.3 is 0 Å². The fourth-order valence-corrected chi connectivity index (χ4v) is 1.19. The van der Waals surface area contributed by atoms with Crippen molar-refractivity contribution in [1.82, 2.24) is 5.48 Å². The van der Waals surface area contributed by atoms with E-state index in [1.165, 1.54) is 18.5 Å². The van der Waals surface area contributed by atoms with Gasteiger partial charge in [0, 0.05) is 5.70 Å². The molecule has 1 aliphatic rings. The lowest BCUT2D eigenvalue weighted by Crippen LogP contribution is -2.15. The van der Waals surface area contributed by atoms with Gasteiger partial charge in [-0.25, -0.2) is 0 Å². The van der Waals surface area contributed by atoms with Crippen molar-refractivity contribution in [1.29, 1.82) is 0 Å². The van der Waals surface area contributed by atoms with Gasteiger partial charge in [-0.2, -0.15) is 0 Å². The van der Waals surface area contributed by atoms with Gasteiger partial charge in [0.25, 0.3) is 0 Å². The summed E-state index contributed by atoms with van der Waals surface area (Å²) in [7, 11) is 1.65. The van der Waals surface area contributed by atoms with E-state index < -0.39 is 0 Å². The topological polar surface area (TPSA) is 21.3 Å². The van der Waals surface area contributed by atoms with Crippen LogP contribution in [0.25, 0.3) is 0 Å². The fraction of sp³-hybridized carbons (Fsp3) is 0.750. The van der Waals surface area contributed by atoms with Crippen LogP contribution >= 0.6 is 0 Å². The molecule has 0 aromatic heterocycles. The van der Waals surface area contributed by atoms with E-state index in [2.05, 4.69) is 18.5 Å². The third-order valence-electron chi connectivity index (χ3n) is 1.91. The highest BCUT2D eigenvalue weighted by Crippen LogP contribution is 2.20. The molecule has 0 aliphatic heterocycles. The molecule has 0 fully saturated rings. The maximum atomic E-state index is 4.80. The first-order chi connectivity index (χ1) is 4.83. The second-order valence-corrected chi connectivity index (χ2v) is 2.92. The number of allylic oxidation sites excluding steroid dienone is 2. The Morgan fingerprint density at radius 1 is 1.70 bits per heavy atom. The fourth-order valence-electron chi connectivity index (χ4n) is 1.19. The average molecular weight is 141 g/mol. The Hall–Kier alpha value is -0.500. The summed E-state index contributed by atoms with van der Waals surface area (Å²) in [6, 6.07) is 0. The van der Waals surface area contributed by atoms with Crippen molar-refractivity contribution >= 4 is 0 Å². The Labute approximate surface area is 62.2 Å². The van der Waals surface area contributed by atoms with E-state index in [4.69, 9.17) is 4.84 Å². The molecule has 0 radical (unpaired) electrons. The van der Waals surface area contributed by atoms with E-state index in [0.29, 0.717) is 0 Å². The van der Waals surface area contributed by atoms with E-state index in [-0.39, 0.29) is 0 Å². The summed E-state index contributed by atoms with van der Waals surface area (Å²) in [6.45, 7) is 2.28. The van der Waals surface area contributed by atoms with Gasteiger partial charge in [0.1, 0.15) is 0 Å². The van der Waals surface area contributed by atoms with Gasteiger partial charge in [-0.05, 0) is 25.2 Å². The first-order valence-electron chi connectivity index (χ1n) is 3.81. The SMILES string of the molecule is CONC1=CCC(C)CC1. The van der Waals surface area contributed by atoms with Crippen LogP contribution in [0.1, 0.15) is 26.2 Å². The lowest BCUT2D eigenvalue weighted by molar-refractivity contribution is 0.112. The highest BCUT2D eigenvalue weighted by Gasteiger charge is 2.08. The van der Waals surface area contributed by atoms with Crippen molar-refractivity contribution < 1.29 is 4.84 Å². The normalized spacial score (nSPS) is 25.8. The molecule has 1 atom stereocenters. The molecule has 1 rings (SSSR count). The smallest absolute Gasteiger partial charge is 0.0636 e. The summed E-state index contributed by atoms with van der Waals surface area (Å²) < 4.78 is 0. The van der Waals surface area contributed by atoms with Gasteiger partial charge in [-0.15, -0.1) is 0 Å². The van der Waals surface area contributed by atoms with Crippen LogP contribution in [0.5, 0.6) is 0 Å². The second kappa shape index (κ2) is 3.62. The minimum atomic E-state index is 0.849. The molecule has 1 unspecified atom stereocenters. The molecular formula is C8H15NO. The minimum Gasteiger partial charge on any atom is -0.280 e. The third kappa shape index (κ3) is 2.03. The molecule has 0 amide bonds. The molecule has 0 aromatic rings. The Balaban J connectivity index is 2.33. The third-order valence-corrected chi connectivity index (χ3v) is 1.91. The number of hydrogen-bond acceptors (Lipinski definition) is 2. The van der Waals surface area contributed by atoms with E-state index in [1.807, 2.05) is 0 Å². The summed E-state index contributed by atoms with van der Waals surface area (Å²) in [5.41, 5.74) is 4.10. The predicted molar refractivity (Wildman–Crippen MR) is 41.2 cm³/mol. The molecule has 2 nitrogen and oxygen atoms in total. The lowest BCUT2D eigenvalue weighted by Gasteiger charge is -2.17. The molecule has 2 heteroatoms. The van der Waals surface area contributed by atoms with E-state index in [1.54, 1.807) is 7.11 Å². The van der Waals surface area contributed by atoms with Crippen LogP contribution in [0.3, 0.4) is 0 Å². The summed E-state index contributed by atoms with van der Waals surface area (Å²) in [5, 5.41) is 0. The van der Waals surface area contributed by atoms with Crippen molar-refractivity contribution in [2.24, 2.45) is 5.92 Å². The van der Waals surface area contributed by atoms with Crippen LogP contribution in [0.4, 0.5) is 0 Å². The quantitative estimate of drug-likeness (QED) is 0.592. The Kier molecular flexibility index (Phi) is 2.75. The lowest BCUT2D eigenvalue weighted by atomic mass is 9.95. The molecule has 0 saturated heterocycles. The maximum Gasteiger partial charge on any atom is 0.0636 e. The predicted octanol–water partition coefficient (Wildman–Crippen LogP) is 1.84. The second-order valence-electron chi connectivity index (χ2n) is 2.92. The van der Waals surface area contributed by atoms with Crippen LogP contribution in [0.2, 0.25) is 0 Å². The highest BCUT2D eigenvalue weighted by molar-refractivity contribution is 5.01. The van der Waals surface area contributed by atoms with Gasteiger partial charge >= 0.3 is 0 Å². The van der Waals surface area contributed by atoms with Crippen molar-refractivity contribution in [2.45, 2.75) is 26.2 Å². The zero-order valence-corrected chi connectivity index (χ0v) is 6.68. The number of rotatable bonds is 2. The van der Waals surface area contributed by atoms with Crippen molar-refractivity contribution in [2.75, 3.05) is 7.11 Å². The molecule has 0 heterocycles. The number of nitrogens with one attached hydrogen (secondary N) is 1. The molecular weight excluding hydrogens is 126 g/mol. The van der Waals surface area contributed by atoms with Gasteiger partial charge in [0.05, 0.1) is 7.11 Å². The van der Waals surface area contributed by atoms with Crippen LogP contribution in [0.15, 0.2) is 11.8 Å². The minimum absolute atomic E-state index is 0.849. The summed E-state index contributed by atoms with van der Waals surface area (Å²) in [4.78, 5) is 4.80. The standard InChI is InChI=1S/C8H15NO/c1-7-3-5-8(6-4-7)9-10-2/h5,7,9H,3-4,6H2,1-2H3. The molecule has 0 saturated carbocycles. The average Bonchev–Trinajstić information content (AvgIpc) is 1.95. The molecule has 1 N–H and O–H groups in total. The summed E-state index contributed by atoms with van der Waals surface area (Å²) in [6.07, 6.45) is 5.82. The van der Waals surface area contributed by atoms with Crippen molar-refractivity contribution in [3.05, 3.63) is 11.8 Å². The van der Waals surface area contributed by atoms with Crippen LogP contribution < -0.4 is 5.48 Å². The van der Waals surface area contributed by atoms with Gasteiger partial charge in [0.15, 0.2) is 0 Å². The highest BCUT2D eigenvalue weighted by atomic mass is 16.6.